The minimum absolute atomic E-state index is 0.0765. The van der Waals surface area contributed by atoms with Gasteiger partial charge in [-0.2, -0.15) is 0 Å². The highest BCUT2D eigenvalue weighted by Crippen LogP contribution is 2.39. The van der Waals surface area contributed by atoms with E-state index in [1.165, 1.54) is 4.90 Å². The molecule has 7 nitrogen and oxygen atoms in total. The van der Waals surface area contributed by atoms with E-state index in [1.807, 2.05) is 25.1 Å². The van der Waals surface area contributed by atoms with Gasteiger partial charge in [-0.25, -0.2) is 0 Å². The summed E-state index contributed by atoms with van der Waals surface area (Å²) in [6, 6.07) is 9.75. The second-order valence-corrected chi connectivity index (χ2v) is 8.31. The predicted molar refractivity (Wildman–Crippen MR) is 119 cm³/mol. The number of Topliss-reactive ketones (excluding diaryl/α,β-unsaturated/α-hetero) is 1. The van der Waals surface area contributed by atoms with Gasteiger partial charge < -0.3 is 19.6 Å². The highest BCUT2D eigenvalue weighted by molar-refractivity contribution is 6.46. The van der Waals surface area contributed by atoms with E-state index in [-0.39, 0.29) is 11.3 Å². The van der Waals surface area contributed by atoms with Gasteiger partial charge in [-0.1, -0.05) is 19.9 Å². The quantitative estimate of drug-likeness (QED) is 0.399. The average Bonchev–Trinajstić information content (AvgIpc) is 3.01. The number of likely N-dealkylation sites (tertiary alicyclic amines) is 1. The maximum absolute atomic E-state index is 12.9. The van der Waals surface area contributed by atoms with Gasteiger partial charge >= 0.3 is 0 Å². The van der Waals surface area contributed by atoms with Gasteiger partial charge in [0.2, 0.25) is 0 Å². The van der Waals surface area contributed by atoms with Crippen LogP contribution in [-0.4, -0.2) is 65.4 Å². The van der Waals surface area contributed by atoms with Crippen LogP contribution < -0.4 is 4.74 Å². The molecule has 1 amide bonds. The van der Waals surface area contributed by atoms with Crippen molar-refractivity contribution in [1.29, 1.82) is 0 Å². The average molecular weight is 424 g/mol. The number of hydrogen-bond donors (Lipinski definition) is 1. The van der Waals surface area contributed by atoms with Crippen LogP contribution in [0, 0.1) is 5.92 Å². The van der Waals surface area contributed by atoms with Crippen LogP contribution in [0.3, 0.4) is 0 Å². The van der Waals surface area contributed by atoms with E-state index in [1.54, 1.807) is 42.7 Å². The van der Waals surface area contributed by atoms with E-state index in [4.69, 9.17) is 4.74 Å². The zero-order valence-corrected chi connectivity index (χ0v) is 18.4. The molecule has 0 bridgehead atoms. The summed E-state index contributed by atoms with van der Waals surface area (Å²) in [4.78, 5) is 33.3. The fraction of sp³-hybridized carbons (Fsp3) is 0.375. The molecule has 1 N–H and O–H groups in total. The van der Waals surface area contributed by atoms with Crippen molar-refractivity contribution >= 4 is 17.4 Å². The van der Waals surface area contributed by atoms with Crippen LogP contribution in [-0.2, 0) is 9.59 Å². The summed E-state index contributed by atoms with van der Waals surface area (Å²) in [5.74, 6) is -0.430. The molecule has 0 spiro atoms. The maximum atomic E-state index is 12.9. The number of pyridine rings is 1. The minimum Gasteiger partial charge on any atom is -0.507 e. The van der Waals surface area contributed by atoms with Gasteiger partial charge in [0, 0.05) is 31.0 Å². The normalized spacial score (nSPS) is 18.3. The maximum Gasteiger partial charge on any atom is 0.295 e. The van der Waals surface area contributed by atoms with Crippen LogP contribution in [0.4, 0.5) is 0 Å². The molecule has 1 unspecified atom stereocenters. The molecule has 164 valence electrons. The monoisotopic (exact) mass is 423 g/mol. The summed E-state index contributed by atoms with van der Waals surface area (Å²) in [5, 5.41) is 11.1. The number of ketones is 1. The molecule has 2 aromatic rings. The number of carbonyl (C=O) groups excluding carboxylic acids is 2. The molecule has 1 aromatic heterocycles. The number of aliphatic hydroxyl groups excluding tert-OH is 1. The number of carbonyl (C=O) groups is 2. The third-order valence-corrected chi connectivity index (χ3v) is 5.04. The molecule has 0 aliphatic carbocycles. The van der Waals surface area contributed by atoms with Crippen LogP contribution in [0.2, 0.25) is 0 Å². The highest BCUT2D eigenvalue weighted by Gasteiger charge is 2.45. The largest absolute Gasteiger partial charge is 0.507 e. The Bertz CT molecular complexity index is 953. The Morgan fingerprint density at radius 1 is 1.19 bits per heavy atom. The van der Waals surface area contributed by atoms with Crippen LogP contribution in [0.5, 0.6) is 5.75 Å². The SMILES string of the molecule is CC(C)COc1ccc(/C(O)=C2/C(=O)C(=O)N(CCN(C)C)C2c2cccnc2)cc1. The smallest absolute Gasteiger partial charge is 0.295 e. The summed E-state index contributed by atoms with van der Waals surface area (Å²) in [5.41, 5.74) is 1.21. The van der Waals surface area contributed by atoms with E-state index in [2.05, 4.69) is 18.8 Å². The van der Waals surface area contributed by atoms with Crippen molar-refractivity contribution in [1.82, 2.24) is 14.8 Å². The van der Waals surface area contributed by atoms with Crippen molar-refractivity contribution in [2.45, 2.75) is 19.9 Å². The second-order valence-electron chi connectivity index (χ2n) is 8.31. The van der Waals surface area contributed by atoms with Gasteiger partial charge in [0.15, 0.2) is 0 Å². The molecule has 31 heavy (non-hydrogen) atoms. The first-order chi connectivity index (χ1) is 14.8. The van der Waals surface area contributed by atoms with Crippen molar-refractivity contribution in [2.24, 2.45) is 5.92 Å². The zero-order chi connectivity index (χ0) is 22.5. The van der Waals surface area contributed by atoms with Crippen molar-refractivity contribution in [3.63, 3.8) is 0 Å². The van der Waals surface area contributed by atoms with Crippen molar-refractivity contribution in [2.75, 3.05) is 33.8 Å². The number of amides is 1. The summed E-state index contributed by atoms with van der Waals surface area (Å²) >= 11 is 0. The van der Waals surface area contributed by atoms with E-state index in [0.29, 0.717) is 42.5 Å². The Morgan fingerprint density at radius 3 is 2.48 bits per heavy atom. The molecule has 1 aliphatic rings. The molecule has 1 fully saturated rings. The summed E-state index contributed by atoms with van der Waals surface area (Å²) < 4.78 is 5.69. The molecule has 1 aliphatic heterocycles. The Hall–Kier alpha value is -3.19. The molecular weight excluding hydrogens is 394 g/mol. The van der Waals surface area contributed by atoms with Gasteiger partial charge in [0.1, 0.15) is 11.5 Å². The van der Waals surface area contributed by atoms with E-state index < -0.39 is 17.7 Å². The number of aromatic nitrogens is 1. The summed E-state index contributed by atoms with van der Waals surface area (Å²) in [6.07, 6.45) is 3.25. The third-order valence-electron chi connectivity index (χ3n) is 5.04. The van der Waals surface area contributed by atoms with E-state index >= 15 is 0 Å². The standard InChI is InChI=1S/C24H29N3O4/c1-16(2)15-31-19-9-7-17(8-10-19)22(28)20-21(18-6-5-11-25-14-18)27(13-12-26(3)4)24(30)23(20)29/h5-11,14,16,21,28H,12-13,15H2,1-4H3/b22-20-. The summed E-state index contributed by atoms with van der Waals surface area (Å²) in [7, 11) is 3.80. The number of aliphatic hydroxyl groups is 1. The lowest BCUT2D eigenvalue weighted by atomic mass is 9.96. The predicted octanol–water partition coefficient (Wildman–Crippen LogP) is 3.10. The van der Waals surface area contributed by atoms with Crippen LogP contribution in [0.1, 0.15) is 31.0 Å². The fourth-order valence-electron chi connectivity index (χ4n) is 3.43. The third kappa shape index (κ3) is 5.11. The second kappa shape index (κ2) is 9.75. The van der Waals surface area contributed by atoms with Gasteiger partial charge in [-0.3, -0.25) is 14.6 Å². The number of benzene rings is 1. The Balaban J connectivity index is 2.00. The number of likely N-dealkylation sites (N-methyl/N-ethyl adjacent to an activating group) is 1. The molecule has 7 heteroatoms. The van der Waals surface area contributed by atoms with Gasteiger partial charge in [0.05, 0.1) is 18.2 Å². The van der Waals surface area contributed by atoms with E-state index in [9.17, 15) is 14.7 Å². The number of hydrogen-bond acceptors (Lipinski definition) is 6. The Morgan fingerprint density at radius 2 is 1.90 bits per heavy atom. The Labute approximate surface area is 183 Å². The van der Waals surface area contributed by atoms with Crippen LogP contribution in [0.15, 0.2) is 54.4 Å². The first kappa shape index (κ1) is 22.5. The first-order valence-corrected chi connectivity index (χ1v) is 10.4. The molecule has 0 radical (unpaired) electrons. The van der Waals surface area contributed by atoms with Gasteiger partial charge in [0.25, 0.3) is 11.7 Å². The molecule has 1 aromatic carbocycles. The fourth-order valence-corrected chi connectivity index (χ4v) is 3.43. The molecular formula is C24H29N3O4. The zero-order valence-electron chi connectivity index (χ0n) is 18.4. The molecule has 0 saturated carbocycles. The number of rotatable bonds is 8. The lowest BCUT2D eigenvalue weighted by Gasteiger charge is -2.26. The highest BCUT2D eigenvalue weighted by atomic mass is 16.5. The van der Waals surface area contributed by atoms with E-state index in [0.717, 1.165) is 0 Å². The van der Waals surface area contributed by atoms with Gasteiger partial charge in [-0.15, -0.1) is 0 Å². The van der Waals surface area contributed by atoms with Gasteiger partial charge in [-0.05, 0) is 55.9 Å². The Kier molecular flexibility index (Phi) is 7.07. The first-order valence-electron chi connectivity index (χ1n) is 10.4. The summed E-state index contributed by atoms with van der Waals surface area (Å²) in [6.45, 7) is 5.66. The number of ether oxygens (including phenoxy) is 1. The molecule has 1 saturated heterocycles. The molecule has 3 rings (SSSR count). The van der Waals surface area contributed by atoms with Crippen LogP contribution in [0.25, 0.3) is 5.76 Å². The lowest BCUT2D eigenvalue weighted by molar-refractivity contribution is -0.140. The lowest BCUT2D eigenvalue weighted by Crippen LogP contribution is -2.35. The van der Waals surface area contributed by atoms with Crippen molar-refractivity contribution in [3.05, 3.63) is 65.5 Å². The molecule has 1 atom stereocenters. The molecule has 2 heterocycles. The van der Waals surface area contributed by atoms with Crippen LogP contribution >= 0.6 is 0 Å². The topological polar surface area (TPSA) is 83.0 Å². The van der Waals surface area contributed by atoms with Crippen molar-refractivity contribution in [3.8, 4) is 5.75 Å². The minimum atomic E-state index is -0.690. The van der Waals surface area contributed by atoms with Crippen molar-refractivity contribution < 1.29 is 19.4 Å². The number of nitrogens with zero attached hydrogens (tertiary/aromatic N) is 3.